The molecule has 18 N–H and O–H groups in total. The number of hydrogen-bond acceptors (Lipinski definition) is 20. The van der Waals surface area contributed by atoms with E-state index in [1.165, 1.54) is 45.4 Å². The number of ether oxygens (including phenoxy) is 1. The minimum atomic E-state index is -1.45. The molecule has 0 bridgehead atoms. The van der Waals surface area contributed by atoms with Gasteiger partial charge in [-0.3, -0.25) is 4.79 Å². The molecule has 149 heavy (non-hydrogen) atoms. The van der Waals surface area contributed by atoms with E-state index >= 15 is 0 Å². The van der Waals surface area contributed by atoms with E-state index in [-0.39, 0.29) is 29.7 Å². The van der Waals surface area contributed by atoms with Crippen molar-refractivity contribution in [3.8, 4) is 5.75 Å². The van der Waals surface area contributed by atoms with Gasteiger partial charge in [0, 0.05) is 23.5 Å². The molecule has 10 aliphatic carbocycles. The second-order valence-electron chi connectivity index (χ2n) is 52.0. The molecule has 0 saturated heterocycles. The zero-order valence-corrected chi connectivity index (χ0v) is 95.2. The van der Waals surface area contributed by atoms with E-state index in [2.05, 4.69) is 50.2 Å². The van der Waals surface area contributed by atoms with Gasteiger partial charge in [0.25, 0.3) is 0 Å². The zero-order valence-electron chi connectivity index (χ0n) is 95.2. The molecule has 0 radical (unpaired) electrons. The minimum absolute atomic E-state index is 0.0103. The van der Waals surface area contributed by atoms with E-state index in [0.717, 1.165) is 320 Å². The van der Waals surface area contributed by atoms with Crippen LogP contribution in [0.15, 0.2) is 91.0 Å². The van der Waals surface area contributed by atoms with E-state index in [1.807, 2.05) is 62.4 Å². The maximum absolute atomic E-state index is 12.1. The average molecular weight is 2070 g/mol. The number of hydrogen-bond donors (Lipinski definition) is 18. The number of carbonyl (C=O) groups is 1. The van der Waals surface area contributed by atoms with Crippen molar-refractivity contribution in [3.63, 3.8) is 0 Å². The number of carbonyl (C=O) groups excluding carboxylic acids is 1. The van der Waals surface area contributed by atoms with E-state index in [9.17, 15) is 96.7 Å². The van der Waals surface area contributed by atoms with Crippen molar-refractivity contribution in [2.75, 3.05) is 0 Å². The second-order valence-corrected chi connectivity index (χ2v) is 52.0. The number of esters is 1. The van der Waals surface area contributed by atoms with Crippen LogP contribution in [-0.2, 0) is 111 Å². The number of benzene rings is 6. The molecule has 6 aromatic rings. The summed E-state index contributed by atoms with van der Waals surface area (Å²) in [5.41, 5.74) is -4.27. The van der Waals surface area contributed by atoms with Crippen LogP contribution in [0.5, 0.6) is 5.75 Å². The molecule has 10 aliphatic rings. The van der Waals surface area contributed by atoms with Crippen LogP contribution in [0.2, 0.25) is 0 Å². The van der Waals surface area contributed by atoms with Crippen molar-refractivity contribution in [3.05, 3.63) is 202 Å². The lowest BCUT2D eigenvalue weighted by molar-refractivity contribution is -0.132. The molecule has 0 aromatic heterocycles. The highest BCUT2D eigenvalue weighted by atomic mass is 16.5. The van der Waals surface area contributed by atoms with Gasteiger partial charge in [0.2, 0.25) is 0 Å². The molecule has 20 heteroatoms. The van der Waals surface area contributed by atoms with Crippen LogP contribution in [0.3, 0.4) is 0 Å². The highest BCUT2D eigenvalue weighted by Gasteiger charge is 2.52. The SMILES string of the molecule is CC(C)(O)c1cc(C(C)(C)O)cc(C(C)(C)c2cc(C(C)(C)O)cc(C(C)(C)O)c2)c1.CCC(C)(O)c1cc(C(C)(O)CC)c(C(C)(O)CC)c(OC(C)=O)c1C(C)(O)CC.OC1(c2cc(C3(O)CCCCC3)c(C3(O)CCCCC3)cc2C2(O)CCCCC2)CCCCC1.OC1(c2cc(C3(O)CCCCC3)cc(C3(O)CCCCC3)c2)CCCCC1.OC1(c2ccc(C3(O)CCCCC3)c(C3(O)CCCCC3)c2)CCCCC1. The quantitative estimate of drug-likeness (QED) is 0.0187. The molecular weight excluding hydrogens is 1870 g/mol. The van der Waals surface area contributed by atoms with Gasteiger partial charge in [0.05, 0.1) is 101 Å². The fourth-order valence-electron chi connectivity index (χ4n) is 26.4. The molecule has 16 rings (SSSR count). The van der Waals surface area contributed by atoms with Gasteiger partial charge in [0.15, 0.2) is 0 Å². The van der Waals surface area contributed by atoms with Crippen LogP contribution in [0.4, 0.5) is 0 Å². The first-order chi connectivity index (χ1) is 69.3. The maximum atomic E-state index is 12.1. The highest BCUT2D eigenvalue weighted by Crippen LogP contribution is 2.58. The van der Waals surface area contributed by atoms with Crippen LogP contribution in [0.1, 0.15) is 590 Å². The van der Waals surface area contributed by atoms with Gasteiger partial charge in [-0.1, -0.05) is 301 Å². The second kappa shape index (κ2) is 47.5. The normalized spacial score (nSPS) is 23.3. The van der Waals surface area contributed by atoms with Crippen molar-refractivity contribution in [1.82, 2.24) is 0 Å². The lowest BCUT2D eigenvalue weighted by atomic mass is 9.65. The van der Waals surface area contributed by atoms with Gasteiger partial charge in [-0.2, -0.15) is 0 Å². The third kappa shape index (κ3) is 28.1. The molecule has 6 aromatic carbocycles. The summed E-state index contributed by atoms with van der Waals surface area (Å²) in [5, 5.41) is 204. The molecule has 0 amide bonds. The topological polar surface area (TPSA) is 390 Å². The Bertz CT molecular complexity index is 4960. The third-order valence-corrected chi connectivity index (χ3v) is 37.7. The standard InChI is InChI=1S/C30H46O4.C27H40O4.C24H40O6.2C24H36O3/c31-27(13-5-1-6-14-27)23-21-25(29(33)17-9-3-10-18-29)26(30(34)19-11-4-12-20-30)22-24(23)28(32)15-7-2-8-16-28;1-23(2,17-11-19(24(3,4)28)15-20(12-17)25(5,6)29)18-13-21(26(7,8)30)16-22(14-18)27(9,10)31;1-10-21(6,26)16-14-17(22(7,27)11-2)19(24(9,29)13-4)20(30-15(5)25)18(16)23(8,28)12-3;25-22(12-4-1-5-13-22)19-10-11-20(23(26)14-6-2-7-15-23)21(18-19)24(27)16-8-3-9-17-24;25-22(10-4-1-5-11-22)19-16-20(23(26)12-6-2-7-13-23)18-21(17-19)24(27)14-8-3-9-15-24/h21-22,31-34H,1-20H2;11-16,28-31H,1-10H3;14,26-29H,10-13H2,1-9H3;10-11,18,25-27H,1-9,12-17H2;16-18,25-27H,1-15H2. The average Bonchev–Trinajstić information content (AvgIpc) is 0.723. The summed E-state index contributed by atoms with van der Waals surface area (Å²) < 4.78 is 5.63. The molecule has 834 valence electrons. The number of rotatable bonds is 25. The van der Waals surface area contributed by atoms with E-state index in [0.29, 0.717) is 75.3 Å². The van der Waals surface area contributed by atoms with Gasteiger partial charge in [-0.25, -0.2) is 0 Å². The summed E-state index contributed by atoms with van der Waals surface area (Å²) >= 11 is 0. The van der Waals surface area contributed by atoms with Crippen molar-refractivity contribution in [1.29, 1.82) is 0 Å². The summed E-state index contributed by atoms with van der Waals surface area (Å²) in [5.74, 6) is -0.608. The van der Waals surface area contributed by atoms with Crippen LogP contribution in [0, 0.1) is 0 Å². The molecule has 0 aliphatic heterocycles. The van der Waals surface area contributed by atoms with Crippen molar-refractivity contribution < 1.29 is 101 Å². The Morgan fingerprint density at radius 3 is 0.617 bits per heavy atom. The molecule has 20 nitrogen and oxygen atoms in total. The van der Waals surface area contributed by atoms with E-state index < -0.39 is 112 Å². The Balaban J connectivity index is 0.000000166. The Morgan fingerprint density at radius 2 is 0.416 bits per heavy atom. The van der Waals surface area contributed by atoms with Crippen LogP contribution in [0.25, 0.3) is 0 Å². The molecule has 0 heterocycles. The third-order valence-electron chi connectivity index (χ3n) is 37.7. The number of aliphatic hydroxyl groups is 18. The largest absolute Gasteiger partial charge is 0.426 e. The van der Waals surface area contributed by atoms with Gasteiger partial charge in [-0.05, 0) is 362 Å². The summed E-state index contributed by atoms with van der Waals surface area (Å²) in [6.45, 7) is 32.9. The molecule has 4 unspecified atom stereocenters. The van der Waals surface area contributed by atoms with Gasteiger partial charge >= 0.3 is 5.97 Å². The van der Waals surface area contributed by atoms with Gasteiger partial charge < -0.3 is 96.7 Å². The highest BCUT2D eigenvalue weighted by molar-refractivity contribution is 5.73. The predicted octanol–water partition coefficient (Wildman–Crippen LogP) is 25.6. The molecule has 10 fully saturated rings. The predicted molar refractivity (Wildman–Crippen MR) is 592 cm³/mol. The summed E-state index contributed by atoms with van der Waals surface area (Å²) in [7, 11) is 0. The van der Waals surface area contributed by atoms with Crippen LogP contribution >= 0.6 is 0 Å². The van der Waals surface area contributed by atoms with Crippen LogP contribution in [-0.4, -0.2) is 97.9 Å². The van der Waals surface area contributed by atoms with E-state index in [1.54, 1.807) is 103 Å². The van der Waals surface area contributed by atoms with Gasteiger partial charge in [-0.15, -0.1) is 0 Å². The first-order valence-electron chi connectivity index (χ1n) is 58.6. The molecule has 10 saturated carbocycles. The van der Waals surface area contributed by atoms with Crippen molar-refractivity contribution >= 4 is 5.97 Å². The summed E-state index contributed by atoms with van der Waals surface area (Å²) in [6.07, 6.45) is 48.3. The monoisotopic (exact) mass is 2070 g/mol. The fraction of sp³-hybridized carbons (Fsp3) is 0.713. The Morgan fingerprint density at radius 1 is 0.228 bits per heavy atom. The van der Waals surface area contributed by atoms with E-state index in [4.69, 9.17) is 4.74 Å². The molecular formula is C129H198O20. The zero-order chi connectivity index (χ0) is 110. The van der Waals surface area contributed by atoms with Crippen molar-refractivity contribution in [2.24, 2.45) is 0 Å². The fourth-order valence-corrected chi connectivity index (χ4v) is 26.4. The molecule has 0 spiro atoms. The lowest BCUT2D eigenvalue weighted by Gasteiger charge is -2.45. The first-order valence-corrected chi connectivity index (χ1v) is 58.6. The van der Waals surface area contributed by atoms with Crippen LogP contribution < -0.4 is 4.74 Å². The lowest BCUT2D eigenvalue weighted by Crippen LogP contribution is -2.40. The summed E-state index contributed by atoms with van der Waals surface area (Å²) in [4.78, 5) is 12.1. The Labute approximate surface area is 894 Å². The van der Waals surface area contributed by atoms with Crippen molar-refractivity contribution in [2.45, 2.75) is 585 Å². The first kappa shape index (κ1) is 122. The van der Waals surface area contributed by atoms with Gasteiger partial charge in [0.1, 0.15) is 5.75 Å². The Hall–Kier alpha value is -5.93. The molecule has 4 atom stereocenters. The maximum Gasteiger partial charge on any atom is 0.308 e. The smallest absolute Gasteiger partial charge is 0.308 e. The Kier molecular flexibility index (Phi) is 38.8. The minimum Gasteiger partial charge on any atom is -0.426 e. The summed E-state index contributed by atoms with van der Waals surface area (Å²) in [6, 6.07) is 29.7.